The highest BCUT2D eigenvalue weighted by molar-refractivity contribution is 7.99. The first-order valence-corrected chi connectivity index (χ1v) is 6.11. The maximum Gasteiger partial charge on any atom is 0.260 e. The van der Waals surface area contributed by atoms with E-state index in [1.165, 1.54) is 11.8 Å². The molecule has 0 fully saturated rings. The maximum atomic E-state index is 8.56. The maximum absolute atomic E-state index is 8.56. The van der Waals surface area contributed by atoms with Gasteiger partial charge in [0.05, 0.1) is 5.69 Å². The van der Waals surface area contributed by atoms with Gasteiger partial charge in [0.2, 0.25) is 0 Å². The molecule has 3 N–H and O–H groups in total. The van der Waals surface area contributed by atoms with Crippen molar-refractivity contribution in [2.45, 2.75) is 24.0 Å². The summed E-state index contributed by atoms with van der Waals surface area (Å²) in [6.07, 6.45) is 0. The summed E-state index contributed by atoms with van der Waals surface area (Å²) in [5.74, 6) is 0.917. The Labute approximate surface area is 109 Å². The fourth-order valence-corrected chi connectivity index (χ4v) is 2.16. The van der Waals surface area contributed by atoms with Crippen molar-refractivity contribution >= 4 is 17.6 Å². The van der Waals surface area contributed by atoms with Gasteiger partial charge in [0, 0.05) is 10.5 Å². The first kappa shape index (κ1) is 12.5. The Hall–Kier alpha value is -1.95. The highest BCUT2D eigenvalue weighted by atomic mass is 32.2. The molecule has 0 aliphatic heterocycles. The summed E-state index contributed by atoms with van der Waals surface area (Å²) < 4.78 is 5.48. The van der Waals surface area contributed by atoms with Crippen LogP contribution < -0.4 is 5.73 Å². The second kappa shape index (κ2) is 5.14. The molecule has 1 aromatic heterocycles. The molecule has 2 rings (SSSR count). The molecule has 0 bridgehead atoms. The Morgan fingerprint density at radius 2 is 2.00 bits per heavy atom. The highest BCUT2D eigenvalue weighted by Gasteiger charge is 2.07. The van der Waals surface area contributed by atoms with Crippen LogP contribution in [0.4, 0.5) is 0 Å². The van der Waals surface area contributed by atoms with Crippen LogP contribution >= 0.6 is 11.8 Å². The molecule has 0 aliphatic carbocycles. The van der Waals surface area contributed by atoms with E-state index in [9.17, 15) is 0 Å². The van der Waals surface area contributed by atoms with Crippen LogP contribution in [0.1, 0.15) is 17.0 Å². The number of aryl methyl sites for hydroxylation is 2. The molecule has 2 aromatic rings. The standard InChI is InChI=1S/C12H13N3O2S/c1-7-8(2)17-12(14-7)18-10-5-3-9(4-6-10)11(13)15-16/h3-6,16H,1-2H3,(H2,13,15). The smallest absolute Gasteiger partial charge is 0.260 e. The topological polar surface area (TPSA) is 84.6 Å². The van der Waals surface area contributed by atoms with Crippen molar-refractivity contribution < 1.29 is 9.62 Å². The second-order valence-corrected chi connectivity index (χ2v) is 4.76. The summed E-state index contributed by atoms with van der Waals surface area (Å²) in [5.41, 5.74) is 7.04. The molecule has 0 radical (unpaired) electrons. The van der Waals surface area contributed by atoms with E-state index in [2.05, 4.69) is 10.1 Å². The van der Waals surface area contributed by atoms with Gasteiger partial charge in [-0.3, -0.25) is 0 Å². The number of rotatable bonds is 3. The Kier molecular flexibility index (Phi) is 3.57. The lowest BCUT2D eigenvalue weighted by Crippen LogP contribution is -2.12. The molecule has 1 aromatic carbocycles. The van der Waals surface area contributed by atoms with E-state index >= 15 is 0 Å². The monoisotopic (exact) mass is 263 g/mol. The van der Waals surface area contributed by atoms with Crippen LogP contribution in [0.2, 0.25) is 0 Å². The van der Waals surface area contributed by atoms with Crippen molar-refractivity contribution in [2.75, 3.05) is 0 Å². The summed E-state index contributed by atoms with van der Waals surface area (Å²) in [5, 5.41) is 12.1. The molecule has 0 amide bonds. The largest absolute Gasteiger partial charge is 0.436 e. The van der Waals surface area contributed by atoms with Gasteiger partial charge in [0.25, 0.3) is 5.22 Å². The van der Waals surface area contributed by atoms with E-state index in [-0.39, 0.29) is 5.84 Å². The van der Waals surface area contributed by atoms with Gasteiger partial charge in [-0.05, 0) is 37.7 Å². The van der Waals surface area contributed by atoms with Crippen molar-refractivity contribution in [3.63, 3.8) is 0 Å². The van der Waals surface area contributed by atoms with Gasteiger partial charge in [-0.1, -0.05) is 17.3 Å². The molecule has 0 atom stereocenters. The van der Waals surface area contributed by atoms with E-state index < -0.39 is 0 Å². The molecule has 0 spiro atoms. The number of amidine groups is 1. The number of oxazole rings is 1. The lowest BCUT2D eigenvalue weighted by molar-refractivity contribution is 0.318. The minimum absolute atomic E-state index is 0.0920. The average molecular weight is 263 g/mol. The minimum Gasteiger partial charge on any atom is -0.436 e. The van der Waals surface area contributed by atoms with E-state index in [4.69, 9.17) is 15.4 Å². The lowest BCUT2D eigenvalue weighted by atomic mass is 10.2. The summed E-state index contributed by atoms with van der Waals surface area (Å²) >= 11 is 1.43. The van der Waals surface area contributed by atoms with Gasteiger partial charge in [0.1, 0.15) is 5.76 Å². The zero-order valence-electron chi connectivity index (χ0n) is 10.0. The number of oxime groups is 1. The average Bonchev–Trinajstić information content (AvgIpc) is 2.68. The molecule has 18 heavy (non-hydrogen) atoms. The van der Waals surface area contributed by atoms with Gasteiger partial charge < -0.3 is 15.4 Å². The van der Waals surface area contributed by atoms with Crippen molar-refractivity contribution in [3.05, 3.63) is 41.3 Å². The quantitative estimate of drug-likeness (QED) is 0.385. The van der Waals surface area contributed by atoms with Crippen molar-refractivity contribution in [3.8, 4) is 0 Å². The number of benzene rings is 1. The zero-order valence-corrected chi connectivity index (χ0v) is 10.9. The van der Waals surface area contributed by atoms with Crippen molar-refractivity contribution in [1.82, 2.24) is 4.98 Å². The number of hydrogen-bond donors (Lipinski definition) is 2. The summed E-state index contributed by atoms with van der Waals surface area (Å²) in [4.78, 5) is 5.26. The summed E-state index contributed by atoms with van der Waals surface area (Å²) in [6, 6.07) is 7.29. The van der Waals surface area contributed by atoms with Crippen LogP contribution in [0.15, 0.2) is 44.0 Å². The van der Waals surface area contributed by atoms with E-state index in [1.807, 2.05) is 26.0 Å². The van der Waals surface area contributed by atoms with Crippen LogP contribution in [0.5, 0.6) is 0 Å². The summed E-state index contributed by atoms with van der Waals surface area (Å²) in [7, 11) is 0. The lowest BCUT2D eigenvalue weighted by Gasteiger charge is -2.00. The van der Waals surface area contributed by atoms with Gasteiger partial charge in [-0.15, -0.1) is 0 Å². The molecule has 0 unspecified atom stereocenters. The molecule has 0 saturated heterocycles. The third-order valence-electron chi connectivity index (χ3n) is 2.47. The van der Waals surface area contributed by atoms with Gasteiger partial charge in [-0.2, -0.15) is 0 Å². The predicted octanol–water partition coefficient (Wildman–Crippen LogP) is 2.54. The van der Waals surface area contributed by atoms with Gasteiger partial charge >= 0.3 is 0 Å². The minimum atomic E-state index is 0.0920. The molecule has 6 heteroatoms. The fraction of sp³-hybridized carbons (Fsp3) is 0.167. The van der Waals surface area contributed by atoms with Crippen molar-refractivity contribution in [2.24, 2.45) is 10.9 Å². The van der Waals surface area contributed by atoms with Crippen LogP contribution in [0, 0.1) is 13.8 Å². The fourth-order valence-electron chi connectivity index (χ4n) is 1.34. The molecular weight excluding hydrogens is 250 g/mol. The van der Waals surface area contributed by atoms with E-state index in [0.29, 0.717) is 10.8 Å². The number of hydrogen-bond acceptors (Lipinski definition) is 5. The number of nitrogens with zero attached hydrogens (tertiary/aromatic N) is 2. The Balaban J connectivity index is 2.15. The van der Waals surface area contributed by atoms with E-state index in [1.54, 1.807) is 12.1 Å². The Morgan fingerprint density at radius 3 is 2.50 bits per heavy atom. The Bertz CT molecular complexity index is 556. The van der Waals surface area contributed by atoms with Crippen LogP contribution in [0.3, 0.4) is 0 Å². The molecule has 0 saturated carbocycles. The third-order valence-corrected chi connectivity index (χ3v) is 3.33. The predicted molar refractivity (Wildman–Crippen MR) is 69.1 cm³/mol. The Morgan fingerprint density at radius 1 is 1.33 bits per heavy atom. The van der Waals surface area contributed by atoms with Crippen LogP contribution in [-0.2, 0) is 0 Å². The SMILES string of the molecule is Cc1nc(Sc2ccc(/C(N)=N/O)cc2)oc1C. The summed E-state index contributed by atoms with van der Waals surface area (Å²) in [6.45, 7) is 3.79. The highest BCUT2D eigenvalue weighted by Crippen LogP contribution is 2.28. The molecular formula is C12H13N3O2S. The van der Waals surface area contributed by atoms with Crippen LogP contribution in [0.25, 0.3) is 0 Å². The third kappa shape index (κ3) is 2.65. The van der Waals surface area contributed by atoms with E-state index in [0.717, 1.165) is 16.3 Å². The normalized spacial score (nSPS) is 11.8. The molecule has 0 aliphatic rings. The molecule has 5 nitrogen and oxygen atoms in total. The first-order chi connectivity index (χ1) is 8.60. The first-order valence-electron chi connectivity index (χ1n) is 5.30. The molecule has 94 valence electrons. The zero-order chi connectivity index (χ0) is 13.1. The second-order valence-electron chi connectivity index (χ2n) is 3.73. The number of nitrogens with two attached hydrogens (primary N) is 1. The van der Waals surface area contributed by atoms with Crippen molar-refractivity contribution in [1.29, 1.82) is 0 Å². The number of aromatic nitrogens is 1. The van der Waals surface area contributed by atoms with Gasteiger partial charge in [0.15, 0.2) is 5.84 Å². The van der Waals surface area contributed by atoms with Crippen LogP contribution in [-0.4, -0.2) is 16.0 Å². The van der Waals surface area contributed by atoms with Gasteiger partial charge in [-0.25, -0.2) is 4.98 Å². The molecule has 1 heterocycles.